The van der Waals surface area contributed by atoms with Gasteiger partial charge in [0.1, 0.15) is 5.75 Å². The number of fused-ring (bicyclic) bond motifs is 1. The van der Waals surface area contributed by atoms with Crippen LogP contribution in [-0.2, 0) is 21.7 Å². The van der Waals surface area contributed by atoms with Gasteiger partial charge >= 0.3 is 0 Å². The lowest BCUT2D eigenvalue weighted by molar-refractivity contribution is -0.117. The molecule has 0 aliphatic rings. The first-order valence-corrected chi connectivity index (χ1v) is 11.2. The molecule has 0 spiro atoms. The maximum Gasteiger partial charge on any atom is 0.249 e. The van der Waals surface area contributed by atoms with Crippen molar-refractivity contribution < 1.29 is 17.9 Å². The van der Waals surface area contributed by atoms with Crippen LogP contribution >= 0.6 is 11.3 Å². The Morgan fingerprint density at radius 1 is 1.18 bits per heavy atom. The number of ether oxygens (including phenoxy) is 1. The normalized spacial score (nSPS) is 12.5. The van der Waals surface area contributed by atoms with E-state index >= 15 is 0 Å². The number of rotatable bonds is 5. The number of aromatic nitrogens is 1. The molecule has 0 aliphatic heterocycles. The van der Waals surface area contributed by atoms with Crippen molar-refractivity contribution in [1.82, 2.24) is 4.57 Å². The third-order valence-corrected chi connectivity index (χ3v) is 7.48. The molecule has 0 aliphatic carbocycles. The molecule has 6 nitrogen and oxygen atoms in total. The summed E-state index contributed by atoms with van der Waals surface area (Å²) < 4.78 is 32.9. The van der Waals surface area contributed by atoms with E-state index in [4.69, 9.17) is 4.74 Å². The summed E-state index contributed by atoms with van der Waals surface area (Å²) in [6.07, 6.45) is -0.166. The van der Waals surface area contributed by atoms with Gasteiger partial charge in [-0.05, 0) is 55.3 Å². The van der Waals surface area contributed by atoms with Crippen LogP contribution in [0.15, 0.2) is 46.3 Å². The Hall–Kier alpha value is -2.45. The summed E-state index contributed by atoms with van der Waals surface area (Å²) >= 11 is 1.43. The van der Waals surface area contributed by atoms with Crippen molar-refractivity contribution in [3.8, 4) is 5.75 Å². The van der Waals surface area contributed by atoms with Crippen LogP contribution in [0.2, 0.25) is 0 Å². The second-order valence-electron chi connectivity index (χ2n) is 6.62. The van der Waals surface area contributed by atoms with Crippen LogP contribution < -0.4 is 9.54 Å². The summed E-state index contributed by atoms with van der Waals surface area (Å²) in [7, 11) is -0.186. The predicted octanol–water partition coefficient (Wildman–Crippen LogP) is 3.16. The van der Waals surface area contributed by atoms with Gasteiger partial charge in [0.2, 0.25) is 5.91 Å². The largest absolute Gasteiger partial charge is 0.497 e. The summed E-state index contributed by atoms with van der Waals surface area (Å²) in [6, 6.07) is 10.3. The van der Waals surface area contributed by atoms with E-state index in [0.717, 1.165) is 21.3 Å². The van der Waals surface area contributed by atoms with E-state index in [1.165, 1.54) is 30.6 Å². The van der Waals surface area contributed by atoms with Crippen LogP contribution in [-0.4, -0.2) is 31.8 Å². The van der Waals surface area contributed by atoms with Crippen LogP contribution in [0.25, 0.3) is 10.2 Å². The number of aryl methyl sites for hydroxylation is 3. The lowest BCUT2D eigenvalue weighted by Gasteiger charge is -2.04. The van der Waals surface area contributed by atoms with Gasteiger partial charge in [-0.2, -0.15) is 4.99 Å². The lowest BCUT2D eigenvalue weighted by Crippen LogP contribution is -2.16. The summed E-state index contributed by atoms with van der Waals surface area (Å²) in [5, 5.41) is 0. The molecule has 0 saturated carbocycles. The molecule has 1 heterocycles. The van der Waals surface area contributed by atoms with Crippen LogP contribution in [0, 0.1) is 13.8 Å². The molecule has 28 heavy (non-hydrogen) atoms. The SMILES string of the molecule is COc1ccc(S(=O)(=O)CCC(=O)N=c2sc3c(C)cc(C)cc3n2C)cc1. The lowest BCUT2D eigenvalue weighted by atomic mass is 10.1. The van der Waals surface area contributed by atoms with Crippen molar-refractivity contribution in [2.24, 2.45) is 12.0 Å². The standard InChI is InChI=1S/C20H22N2O4S2/c1-13-11-14(2)19-17(12-13)22(3)20(27-19)21-18(23)9-10-28(24,25)16-7-5-15(26-4)6-8-16/h5-8,11-12H,9-10H2,1-4H3. The molecule has 0 unspecified atom stereocenters. The smallest absolute Gasteiger partial charge is 0.249 e. The molecule has 3 aromatic rings. The topological polar surface area (TPSA) is 77.7 Å². The Balaban J connectivity index is 1.81. The van der Waals surface area contributed by atoms with Gasteiger partial charge in [-0.1, -0.05) is 17.4 Å². The van der Waals surface area contributed by atoms with Crippen molar-refractivity contribution in [1.29, 1.82) is 0 Å². The van der Waals surface area contributed by atoms with E-state index in [1.807, 2.05) is 25.5 Å². The second-order valence-corrected chi connectivity index (χ2v) is 9.71. The molecule has 0 N–H and O–H groups in total. The van der Waals surface area contributed by atoms with Gasteiger partial charge in [-0.15, -0.1) is 0 Å². The highest BCUT2D eigenvalue weighted by Crippen LogP contribution is 2.22. The Kier molecular flexibility index (Phi) is 5.71. The van der Waals surface area contributed by atoms with Gasteiger partial charge in [0.25, 0.3) is 0 Å². The van der Waals surface area contributed by atoms with E-state index in [2.05, 4.69) is 17.1 Å². The minimum Gasteiger partial charge on any atom is -0.497 e. The zero-order valence-corrected chi connectivity index (χ0v) is 17.9. The minimum absolute atomic E-state index is 0.166. The van der Waals surface area contributed by atoms with Crippen molar-refractivity contribution >= 4 is 37.3 Å². The van der Waals surface area contributed by atoms with E-state index in [9.17, 15) is 13.2 Å². The molecule has 1 amide bonds. The number of nitrogens with zero attached hydrogens (tertiary/aromatic N) is 2. The number of amides is 1. The first kappa shape index (κ1) is 20.3. The fourth-order valence-electron chi connectivity index (χ4n) is 2.96. The molecule has 8 heteroatoms. The maximum atomic E-state index is 12.4. The summed E-state index contributed by atoms with van der Waals surface area (Å²) in [5.41, 5.74) is 3.29. The van der Waals surface area contributed by atoms with Crippen molar-refractivity contribution in [3.63, 3.8) is 0 Å². The van der Waals surface area contributed by atoms with E-state index in [0.29, 0.717) is 10.6 Å². The quantitative estimate of drug-likeness (QED) is 0.638. The fourth-order valence-corrected chi connectivity index (χ4v) is 5.28. The number of carbonyl (C=O) groups excluding carboxylic acids is 1. The van der Waals surface area contributed by atoms with Crippen molar-refractivity contribution in [2.45, 2.75) is 25.2 Å². The summed E-state index contributed by atoms with van der Waals surface area (Å²) in [4.78, 5) is 17.2. The van der Waals surface area contributed by atoms with Gasteiger partial charge in [0.15, 0.2) is 14.6 Å². The Morgan fingerprint density at radius 2 is 1.86 bits per heavy atom. The monoisotopic (exact) mass is 418 g/mol. The van der Waals surface area contributed by atoms with Gasteiger partial charge < -0.3 is 9.30 Å². The number of methoxy groups -OCH3 is 1. The summed E-state index contributed by atoms with van der Waals surface area (Å²) in [6.45, 7) is 4.05. The third kappa shape index (κ3) is 4.18. The van der Waals surface area contributed by atoms with Crippen LogP contribution in [0.4, 0.5) is 0 Å². The number of thiazole rings is 1. The minimum atomic E-state index is -3.56. The Bertz CT molecular complexity index is 1200. The number of benzene rings is 2. The highest BCUT2D eigenvalue weighted by molar-refractivity contribution is 7.91. The Morgan fingerprint density at radius 3 is 2.50 bits per heavy atom. The molecule has 0 fully saturated rings. The number of hydrogen-bond donors (Lipinski definition) is 0. The van der Waals surface area contributed by atoms with E-state index in [1.54, 1.807) is 12.1 Å². The zero-order valence-electron chi connectivity index (χ0n) is 16.2. The predicted molar refractivity (Wildman–Crippen MR) is 111 cm³/mol. The summed E-state index contributed by atoms with van der Waals surface area (Å²) in [5.74, 6) is -0.157. The number of hydrogen-bond acceptors (Lipinski definition) is 5. The highest BCUT2D eigenvalue weighted by atomic mass is 32.2. The van der Waals surface area contributed by atoms with Gasteiger partial charge in [0.05, 0.1) is 28.0 Å². The highest BCUT2D eigenvalue weighted by Gasteiger charge is 2.17. The Labute approximate surface area is 168 Å². The third-order valence-electron chi connectivity index (χ3n) is 4.46. The molecule has 3 rings (SSSR count). The van der Waals surface area contributed by atoms with Gasteiger partial charge in [0, 0.05) is 13.5 Å². The van der Waals surface area contributed by atoms with Crippen LogP contribution in [0.5, 0.6) is 5.75 Å². The average molecular weight is 419 g/mol. The van der Waals surface area contributed by atoms with Crippen LogP contribution in [0.1, 0.15) is 17.5 Å². The van der Waals surface area contributed by atoms with E-state index in [-0.39, 0.29) is 17.1 Å². The molecule has 0 atom stereocenters. The molecule has 0 radical (unpaired) electrons. The molecule has 0 saturated heterocycles. The van der Waals surface area contributed by atoms with Crippen molar-refractivity contribution in [2.75, 3.05) is 12.9 Å². The van der Waals surface area contributed by atoms with E-state index < -0.39 is 15.7 Å². The molecule has 0 bridgehead atoms. The zero-order chi connectivity index (χ0) is 20.5. The van der Waals surface area contributed by atoms with Crippen LogP contribution in [0.3, 0.4) is 0 Å². The second kappa shape index (κ2) is 7.89. The molecule has 1 aromatic heterocycles. The molecular formula is C20H22N2O4S2. The molecule has 2 aromatic carbocycles. The molecule has 148 valence electrons. The first-order chi connectivity index (χ1) is 13.2. The fraction of sp³-hybridized carbons (Fsp3) is 0.300. The van der Waals surface area contributed by atoms with Crippen molar-refractivity contribution in [3.05, 3.63) is 52.3 Å². The number of carbonyl (C=O) groups is 1. The first-order valence-electron chi connectivity index (χ1n) is 8.72. The number of sulfone groups is 1. The molecular weight excluding hydrogens is 396 g/mol. The van der Waals surface area contributed by atoms with Gasteiger partial charge in [-0.25, -0.2) is 8.42 Å². The van der Waals surface area contributed by atoms with Gasteiger partial charge in [-0.3, -0.25) is 4.79 Å². The average Bonchev–Trinajstić information content (AvgIpc) is 2.96. The maximum absolute atomic E-state index is 12.4.